The van der Waals surface area contributed by atoms with Crippen LogP contribution < -0.4 is 25.6 Å². The van der Waals surface area contributed by atoms with E-state index < -0.39 is 47.1 Å². The number of benzene rings is 2. The molecule has 0 radical (unpaired) electrons. The van der Waals surface area contributed by atoms with E-state index in [1.54, 1.807) is 54.2 Å². The number of aromatic nitrogens is 4. The van der Waals surface area contributed by atoms with Crippen molar-refractivity contribution in [3.63, 3.8) is 0 Å². The first kappa shape index (κ1) is 44.8. The number of β-amino-alcohol motifs (C(OH)–C–C–N with tert-alkyl or cyclic N) is 1. The van der Waals surface area contributed by atoms with Crippen LogP contribution in [0.4, 0.5) is 15.8 Å². The predicted molar refractivity (Wildman–Crippen MR) is 236 cm³/mol. The molecule has 63 heavy (non-hydrogen) atoms. The number of carbonyl (C=O) groups is 4. The van der Waals surface area contributed by atoms with E-state index >= 15 is 4.39 Å². The molecule has 5 N–H and O–H groups in total. The first-order valence-electron chi connectivity index (χ1n) is 20.8. The minimum absolute atomic E-state index is 0.00422. The molecular formula is C45H52FN9O7S. The standard InChI is InChI=1S/C45H52FN9O7S/c1-26-40(63-25-48-26)27-9-10-28(32(46)19-27)22-47-43(59)37-21-30(56)23-55(37)44(60)41(45(2,3)4)52-39(57)24-62-31-14-17-54(18-15-31)29-11-12-35(38(20-29)61-5)51-42(58)36-8-6-7-33(50-36)34-13-16-49-53-34/h6-13,16,19-20,25,30-31,37,41,56H,14-15,17-18,21-24H2,1-5H3,(H,47,59)(H,49,53)(H,51,58)(H,52,57). The third kappa shape index (κ3) is 10.7. The van der Waals surface area contributed by atoms with E-state index in [0.29, 0.717) is 54.3 Å². The van der Waals surface area contributed by atoms with Crippen molar-refractivity contribution in [1.82, 2.24) is 35.7 Å². The number of aryl methyl sites for hydroxylation is 1. The molecule has 5 aromatic rings. The third-order valence-electron chi connectivity index (χ3n) is 11.2. The fourth-order valence-corrected chi connectivity index (χ4v) is 8.59. The minimum Gasteiger partial charge on any atom is -0.494 e. The number of methoxy groups -OCH3 is 1. The van der Waals surface area contributed by atoms with Crippen LogP contribution in [0, 0.1) is 18.2 Å². The van der Waals surface area contributed by atoms with E-state index in [-0.39, 0.29) is 49.4 Å². The zero-order valence-corrected chi connectivity index (χ0v) is 36.6. The number of hydrogen-bond donors (Lipinski definition) is 5. The lowest BCUT2D eigenvalue weighted by Crippen LogP contribution is -2.58. The van der Waals surface area contributed by atoms with Gasteiger partial charge in [0.15, 0.2) is 0 Å². The molecule has 2 saturated heterocycles. The zero-order valence-electron chi connectivity index (χ0n) is 35.8. The molecule has 18 heteroatoms. The van der Waals surface area contributed by atoms with Crippen LogP contribution in [0.15, 0.2) is 72.4 Å². The molecule has 3 unspecified atom stereocenters. The van der Waals surface area contributed by atoms with Gasteiger partial charge in [-0.05, 0) is 67.1 Å². The molecule has 0 bridgehead atoms. The number of likely N-dealkylation sites (tertiary alicyclic amines) is 1. The highest BCUT2D eigenvalue weighted by Crippen LogP contribution is 2.33. The summed E-state index contributed by atoms with van der Waals surface area (Å²) in [5, 5.41) is 25.9. The molecule has 2 aliphatic heterocycles. The fourth-order valence-electron chi connectivity index (χ4n) is 7.78. The first-order valence-corrected chi connectivity index (χ1v) is 21.6. The Morgan fingerprint density at radius 3 is 2.54 bits per heavy atom. The van der Waals surface area contributed by atoms with Gasteiger partial charge in [0.05, 0.1) is 52.5 Å². The molecule has 2 aliphatic rings. The molecule has 0 aliphatic carbocycles. The summed E-state index contributed by atoms with van der Waals surface area (Å²) >= 11 is 1.42. The second-order valence-electron chi connectivity index (χ2n) is 16.8. The van der Waals surface area contributed by atoms with Crippen molar-refractivity contribution in [2.24, 2.45) is 5.41 Å². The summed E-state index contributed by atoms with van der Waals surface area (Å²) in [5.41, 5.74) is 5.63. The number of H-pyrrole nitrogens is 1. The maximum atomic E-state index is 15.1. The highest BCUT2D eigenvalue weighted by molar-refractivity contribution is 7.13. The van der Waals surface area contributed by atoms with Crippen LogP contribution in [0.1, 0.15) is 61.8 Å². The smallest absolute Gasteiger partial charge is 0.274 e. The number of anilines is 2. The van der Waals surface area contributed by atoms with Crippen LogP contribution in [0.25, 0.3) is 21.8 Å². The van der Waals surface area contributed by atoms with Crippen molar-refractivity contribution in [2.45, 2.75) is 77.8 Å². The summed E-state index contributed by atoms with van der Waals surface area (Å²) in [6, 6.07) is 15.3. The van der Waals surface area contributed by atoms with Crippen molar-refractivity contribution in [2.75, 3.05) is 43.6 Å². The van der Waals surface area contributed by atoms with E-state index in [9.17, 15) is 24.3 Å². The van der Waals surface area contributed by atoms with E-state index in [1.807, 2.05) is 39.8 Å². The van der Waals surface area contributed by atoms with Crippen LogP contribution in [-0.2, 0) is 25.7 Å². The Hall–Kier alpha value is -6.24. The van der Waals surface area contributed by atoms with Crippen molar-refractivity contribution < 1.29 is 38.1 Å². The summed E-state index contributed by atoms with van der Waals surface area (Å²) in [7, 11) is 1.54. The molecule has 7 rings (SSSR count). The third-order valence-corrected chi connectivity index (χ3v) is 12.2. The second kappa shape index (κ2) is 19.4. The SMILES string of the molecule is COc1cc(N2CCC(OCC(=O)NC(C(=O)N3CC(O)CC3C(=O)NCc3ccc(-c4scnc4C)cc3F)C(C)(C)C)CC2)ccc1NC(=O)c1cccc(-c2ccn[nH]2)n1. The van der Waals surface area contributed by atoms with Gasteiger partial charge in [-0.2, -0.15) is 5.10 Å². The Morgan fingerprint density at radius 1 is 1.06 bits per heavy atom. The van der Waals surface area contributed by atoms with Crippen molar-refractivity contribution in [3.05, 3.63) is 95.1 Å². The average molecular weight is 882 g/mol. The molecule has 5 heterocycles. The van der Waals surface area contributed by atoms with Crippen LogP contribution in [0.3, 0.4) is 0 Å². The monoisotopic (exact) mass is 881 g/mol. The number of hydrogen-bond acceptors (Lipinski definition) is 12. The number of halogens is 1. The molecule has 16 nitrogen and oxygen atoms in total. The van der Waals surface area contributed by atoms with Crippen molar-refractivity contribution in [3.8, 4) is 27.6 Å². The highest BCUT2D eigenvalue weighted by Gasteiger charge is 2.44. The predicted octanol–water partition coefficient (Wildman–Crippen LogP) is 5.10. The normalized spacial score (nSPS) is 17.3. The van der Waals surface area contributed by atoms with Gasteiger partial charge in [-0.1, -0.05) is 39.0 Å². The average Bonchev–Trinajstić information content (AvgIpc) is 4.06. The van der Waals surface area contributed by atoms with Gasteiger partial charge in [0.1, 0.15) is 36.0 Å². The van der Waals surface area contributed by atoms with Crippen LogP contribution in [0.5, 0.6) is 5.75 Å². The van der Waals surface area contributed by atoms with E-state index in [2.05, 4.69) is 41.0 Å². The molecule has 332 valence electrons. The zero-order chi connectivity index (χ0) is 44.8. The Balaban J connectivity index is 0.894. The van der Waals surface area contributed by atoms with Gasteiger partial charge in [-0.25, -0.2) is 14.4 Å². The van der Waals surface area contributed by atoms with Crippen molar-refractivity contribution in [1.29, 1.82) is 0 Å². The van der Waals surface area contributed by atoms with Gasteiger partial charge in [0.25, 0.3) is 5.91 Å². The number of aliphatic hydroxyl groups is 1. The number of nitrogens with zero attached hydrogens (tertiary/aromatic N) is 5. The first-order chi connectivity index (χ1) is 30.2. The molecule has 2 fully saturated rings. The number of aliphatic hydroxyl groups excluding tert-OH is 1. The number of aromatic amines is 1. The van der Waals surface area contributed by atoms with Crippen LogP contribution >= 0.6 is 11.3 Å². The largest absolute Gasteiger partial charge is 0.494 e. The van der Waals surface area contributed by atoms with Crippen LogP contribution in [0.2, 0.25) is 0 Å². The summed E-state index contributed by atoms with van der Waals surface area (Å²) in [6.45, 7) is 8.08. The second-order valence-corrected chi connectivity index (χ2v) is 17.6. The number of rotatable bonds is 14. The van der Waals surface area contributed by atoms with E-state index in [4.69, 9.17) is 9.47 Å². The van der Waals surface area contributed by atoms with Gasteiger partial charge < -0.3 is 40.3 Å². The van der Waals surface area contributed by atoms with Gasteiger partial charge in [0, 0.05) is 56.1 Å². The summed E-state index contributed by atoms with van der Waals surface area (Å²) < 4.78 is 26.8. The van der Waals surface area contributed by atoms with Crippen molar-refractivity contribution >= 4 is 46.3 Å². The molecule has 3 atom stereocenters. The lowest BCUT2D eigenvalue weighted by Gasteiger charge is -2.36. The number of carbonyl (C=O) groups excluding carboxylic acids is 4. The molecule has 3 aromatic heterocycles. The maximum absolute atomic E-state index is 15.1. The summed E-state index contributed by atoms with van der Waals surface area (Å²) in [6.07, 6.45) is 1.73. The number of amides is 4. The molecule has 0 saturated carbocycles. The number of nitrogens with one attached hydrogen (secondary N) is 4. The highest BCUT2D eigenvalue weighted by atomic mass is 32.1. The maximum Gasteiger partial charge on any atom is 0.274 e. The summed E-state index contributed by atoms with van der Waals surface area (Å²) in [5.74, 6) is -1.91. The minimum atomic E-state index is -1.03. The van der Waals surface area contributed by atoms with Gasteiger partial charge in [-0.3, -0.25) is 24.3 Å². The Morgan fingerprint density at radius 2 is 1.86 bits per heavy atom. The van der Waals surface area contributed by atoms with E-state index in [1.165, 1.54) is 29.4 Å². The number of thiazole rings is 1. The number of piperidine rings is 1. The number of ether oxygens (including phenoxy) is 2. The lowest BCUT2D eigenvalue weighted by atomic mass is 9.85. The lowest BCUT2D eigenvalue weighted by molar-refractivity contribution is -0.145. The summed E-state index contributed by atoms with van der Waals surface area (Å²) in [4.78, 5) is 67.0. The van der Waals surface area contributed by atoms with Gasteiger partial charge in [0.2, 0.25) is 17.7 Å². The molecule has 2 aromatic carbocycles. The Labute approximate surface area is 368 Å². The van der Waals surface area contributed by atoms with E-state index in [0.717, 1.165) is 16.3 Å². The number of pyridine rings is 1. The van der Waals surface area contributed by atoms with Gasteiger partial charge in [-0.15, -0.1) is 11.3 Å². The Bertz CT molecular complexity index is 2430. The van der Waals surface area contributed by atoms with Crippen LogP contribution in [-0.4, -0.2) is 111 Å². The fraction of sp³-hybridized carbons (Fsp3) is 0.400. The van der Waals surface area contributed by atoms with Gasteiger partial charge >= 0.3 is 0 Å². The molecular weight excluding hydrogens is 830 g/mol. The Kier molecular flexibility index (Phi) is 13.8. The molecule has 4 amide bonds. The quantitative estimate of drug-likeness (QED) is 0.0994. The topological polar surface area (TPSA) is 204 Å². The molecule has 0 spiro atoms.